The highest BCUT2D eigenvalue weighted by molar-refractivity contribution is 6.21. The van der Waals surface area contributed by atoms with Crippen LogP contribution in [0.15, 0.2) is 18.2 Å². The number of rotatable bonds is 3. The standard InChI is InChI=1S/C11H12N2O3/c1-16-7-2-3-8-9(6-7)11(15)13(5-4-12)10(8)14/h2-3,6H,4-5,12H2,1H3. The van der Waals surface area contributed by atoms with Gasteiger partial charge in [-0.3, -0.25) is 14.5 Å². The largest absolute Gasteiger partial charge is 0.497 e. The van der Waals surface area contributed by atoms with Crippen LogP contribution >= 0.6 is 0 Å². The number of carbonyl (C=O) groups is 2. The van der Waals surface area contributed by atoms with E-state index >= 15 is 0 Å². The Hall–Kier alpha value is -1.88. The van der Waals surface area contributed by atoms with Crippen LogP contribution in [0.5, 0.6) is 5.75 Å². The van der Waals surface area contributed by atoms with E-state index in [9.17, 15) is 9.59 Å². The zero-order chi connectivity index (χ0) is 11.7. The van der Waals surface area contributed by atoms with Crippen molar-refractivity contribution in [2.45, 2.75) is 0 Å². The normalized spacial score (nSPS) is 14.2. The first kappa shape index (κ1) is 10.6. The molecule has 0 fully saturated rings. The molecule has 1 aliphatic rings. The molecule has 2 amide bonds. The molecular formula is C11H12N2O3. The number of hydrogen-bond acceptors (Lipinski definition) is 4. The second-order valence-corrected chi connectivity index (χ2v) is 3.46. The lowest BCUT2D eigenvalue weighted by molar-refractivity contribution is 0.0659. The molecule has 2 N–H and O–H groups in total. The van der Waals surface area contributed by atoms with E-state index in [0.717, 1.165) is 4.90 Å². The van der Waals surface area contributed by atoms with Gasteiger partial charge in [0.1, 0.15) is 5.75 Å². The highest BCUT2D eigenvalue weighted by Gasteiger charge is 2.34. The third-order valence-corrected chi connectivity index (χ3v) is 2.53. The molecule has 1 aromatic rings. The Morgan fingerprint density at radius 3 is 2.56 bits per heavy atom. The zero-order valence-electron chi connectivity index (χ0n) is 8.90. The molecule has 0 saturated carbocycles. The van der Waals surface area contributed by atoms with Gasteiger partial charge in [0, 0.05) is 13.1 Å². The Kier molecular flexibility index (Phi) is 2.62. The first-order chi connectivity index (χ1) is 7.69. The molecule has 1 aromatic carbocycles. The molecule has 0 aliphatic carbocycles. The highest BCUT2D eigenvalue weighted by atomic mass is 16.5. The fourth-order valence-corrected chi connectivity index (χ4v) is 1.73. The summed E-state index contributed by atoms with van der Waals surface area (Å²) in [4.78, 5) is 24.8. The number of benzene rings is 1. The lowest BCUT2D eigenvalue weighted by Gasteiger charge is -2.11. The summed E-state index contributed by atoms with van der Waals surface area (Å²) in [6.07, 6.45) is 0. The fourth-order valence-electron chi connectivity index (χ4n) is 1.73. The lowest BCUT2D eigenvalue weighted by atomic mass is 10.1. The van der Waals surface area contributed by atoms with Crippen molar-refractivity contribution in [1.29, 1.82) is 0 Å². The zero-order valence-corrected chi connectivity index (χ0v) is 8.90. The molecule has 1 aliphatic heterocycles. The molecule has 0 saturated heterocycles. The number of fused-ring (bicyclic) bond motifs is 1. The Balaban J connectivity index is 2.43. The van der Waals surface area contributed by atoms with Crippen LogP contribution < -0.4 is 10.5 Å². The maximum atomic E-state index is 11.9. The van der Waals surface area contributed by atoms with Gasteiger partial charge in [-0.25, -0.2) is 0 Å². The minimum Gasteiger partial charge on any atom is -0.497 e. The van der Waals surface area contributed by atoms with Gasteiger partial charge >= 0.3 is 0 Å². The van der Waals surface area contributed by atoms with Crippen LogP contribution in [0.1, 0.15) is 20.7 Å². The van der Waals surface area contributed by atoms with Gasteiger partial charge in [-0.05, 0) is 18.2 Å². The van der Waals surface area contributed by atoms with Crippen molar-refractivity contribution in [2.75, 3.05) is 20.2 Å². The van der Waals surface area contributed by atoms with Crippen molar-refractivity contribution in [1.82, 2.24) is 4.90 Å². The summed E-state index contributed by atoms with van der Waals surface area (Å²) in [5.74, 6) is -0.0213. The summed E-state index contributed by atoms with van der Waals surface area (Å²) >= 11 is 0. The summed E-state index contributed by atoms with van der Waals surface area (Å²) in [5, 5.41) is 0. The molecule has 2 rings (SSSR count). The predicted molar refractivity (Wildman–Crippen MR) is 57.4 cm³/mol. The van der Waals surface area contributed by atoms with Crippen molar-refractivity contribution >= 4 is 11.8 Å². The second-order valence-electron chi connectivity index (χ2n) is 3.46. The maximum Gasteiger partial charge on any atom is 0.261 e. The summed E-state index contributed by atoms with van der Waals surface area (Å²) in [6, 6.07) is 4.84. The summed E-state index contributed by atoms with van der Waals surface area (Å²) in [6.45, 7) is 0.511. The van der Waals surface area contributed by atoms with Gasteiger partial charge in [-0.1, -0.05) is 0 Å². The Morgan fingerprint density at radius 1 is 1.25 bits per heavy atom. The van der Waals surface area contributed by atoms with Crippen LogP contribution in [0.2, 0.25) is 0 Å². The Labute approximate surface area is 92.8 Å². The average Bonchev–Trinajstić information content (AvgIpc) is 2.54. The van der Waals surface area contributed by atoms with Crippen molar-refractivity contribution in [3.05, 3.63) is 29.3 Å². The van der Waals surface area contributed by atoms with Gasteiger partial charge in [0.15, 0.2) is 0 Å². The van der Waals surface area contributed by atoms with Crippen molar-refractivity contribution in [3.8, 4) is 5.75 Å². The number of methoxy groups -OCH3 is 1. The van der Waals surface area contributed by atoms with Crippen molar-refractivity contribution in [2.24, 2.45) is 5.73 Å². The monoisotopic (exact) mass is 220 g/mol. The van der Waals surface area contributed by atoms with E-state index in [1.165, 1.54) is 7.11 Å². The molecule has 0 bridgehead atoms. The summed E-state index contributed by atoms with van der Waals surface area (Å²) < 4.78 is 5.01. The fraction of sp³-hybridized carbons (Fsp3) is 0.273. The summed E-state index contributed by atoms with van der Waals surface area (Å²) in [5.41, 5.74) is 6.16. The molecular weight excluding hydrogens is 208 g/mol. The number of nitrogens with two attached hydrogens (primary N) is 1. The first-order valence-corrected chi connectivity index (χ1v) is 4.93. The highest BCUT2D eigenvalue weighted by Crippen LogP contribution is 2.26. The van der Waals surface area contributed by atoms with E-state index in [4.69, 9.17) is 10.5 Å². The first-order valence-electron chi connectivity index (χ1n) is 4.93. The van der Waals surface area contributed by atoms with Crippen LogP contribution in [0.4, 0.5) is 0 Å². The van der Waals surface area contributed by atoms with E-state index in [0.29, 0.717) is 16.9 Å². The third kappa shape index (κ3) is 1.45. The molecule has 84 valence electrons. The topological polar surface area (TPSA) is 72.6 Å². The van der Waals surface area contributed by atoms with Gasteiger partial charge < -0.3 is 10.5 Å². The number of ether oxygens (including phenoxy) is 1. The molecule has 0 radical (unpaired) electrons. The van der Waals surface area contributed by atoms with Gasteiger partial charge in [-0.15, -0.1) is 0 Å². The Bertz CT molecular complexity index is 457. The minimum atomic E-state index is -0.302. The van der Waals surface area contributed by atoms with Crippen molar-refractivity contribution in [3.63, 3.8) is 0 Å². The number of carbonyl (C=O) groups excluding carboxylic acids is 2. The summed E-state index contributed by atoms with van der Waals surface area (Å²) in [7, 11) is 1.51. The molecule has 5 nitrogen and oxygen atoms in total. The molecule has 1 heterocycles. The maximum absolute atomic E-state index is 11.9. The quantitative estimate of drug-likeness (QED) is 0.741. The van der Waals surface area contributed by atoms with E-state index in [-0.39, 0.29) is 24.9 Å². The Morgan fingerprint density at radius 2 is 1.94 bits per heavy atom. The number of nitrogens with zero attached hydrogens (tertiary/aromatic N) is 1. The van der Waals surface area contributed by atoms with Crippen molar-refractivity contribution < 1.29 is 14.3 Å². The molecule has 0 atom stereocenters. The van der Waals surface area contributed by atoms with Gasteiger partial charge in [0.05, 0.1) is 18.2 Å². The smallest absolute Gasteiger partial charge is 0.261 e. The average molecular weight is 220 g/mol. The predicted octanol–water partition coefficient (Wildman–Crippen LogP) is 0.250. The van der Waals surface area contributed by atoms with E-state index in [1.54, 1.807) is 18.2 Å². The van der Waals surface area contributed by atoms with E-state index < -0.39 is 0 Å². The SMILES string of the molecule is COc1ccc2c(c1)C(=O)N(CCN)C2=O. The van der Waals surface area contributed by atoms with Gasteiger partial charge in [0.2, 0.25) is 0 Å². The van der Waals surface area contributed by atoms with Crippen LogP contribution in [0, 0.1) is 0 Å². The van der Waals surface area contributed by atoms with Crippen LogP contribution in [0.3, 0.4) is 0 Å². The third-order valence-electron chi connectivity index (χ3n) is 2.53. The van der Waals surface area contributed by atoms with Crippen LogP contribution in [-0.4, -0.2) is 36.9 Å². The number of imide groups is 1. The van der Waals surface area contributed by atoms with E-state index in [2.05, 4.69) is 0 Å². The van der Waals surface area contributed by atoms with Crippen LogP contribution in [0.25, 0.3) is 0 Å². The van der Waals surface area contributed by atoms with Crippen LogP contribution in [-0.2, 0) is 0 Å². The number of hydrogen-bond donors (Lipinski definition) is 1. The van der Waals surface area contributed by atoms with Gasteiger partial charge in [0.25, 0.3) is 11.8 Å². The molecule has 0 aromatic heterocycles. The molecule has 0 unspecified atom stereocenters. The van der Waals surface area contributed by atoms with Gasteiger partial charge in [-0.2, -0.15) is 0 Å². The number of amides is 2. The van der Waals surface area contributed by atoms with E-state index in [1.807, 2.05) is 0 Å². The minimum absolute atomic E-state index is 0.245. The molecule has 5 heteroatoms. The lowest BCUT2D eigenvalue weighted by Crippen LogP contribution is -2.34. The molecule has 16 heavy (non-hydrogen) atoms. The second kappa shape index (κ2) is 3.94. The molecule has 0 spiro atoms.